The molecule has 2 aromatic rings. The zero-order chi connectivity index (χ0) is 16.9. The number of rotatable bonds is 7. The number of nitrogens with one attached hydrogen (secondary N) is 1. The summed E-state index contributed by atoms with van der Waals surface area (Å²) in [6.07, 6.45) is 0. The van der Waals surface area contributed by atoms with Crippen molar-refractivity contribution in [3.8, 4) is 11.5 Å². The van der Waals surface area contributed by atoms with Crippen LogP contribution in [0.15, 0.2) is 53.4 Å². The molecule has 7 heteroatoms. The molecule has 23 heavy (non-hydrogen) atoms. The lowest BCUT2D eigenvalue weighted by molar-refractivity contribution is 0.287. The first kappa shape index (κ1) is 17.2. The lowest BCUT2D eigenvalue weighted by atomic mass is 10.3. The van der Waals surface area contributed by atoms with Crippen LogP contribution in [0.2, 0.25) is 0 Å². The van der Waals surface area contributed by atoms with Gasteiger partial charge in [-0.3, -0.25) is 0 Å². The standard InChI is InChI=1S/C16H18FNO4S/c1-12(11-22-14-6-4-3-5-7-14)18-23(19,20)16-10-13(17)8-9-15(16)21-2/h3-10,12,18H,11H2,1-2H3/t12-/m1/s1. The van der Waals surface area contributed by atoms with Crippen LogP contribution >= 0.6 is 0 Å². The maximum Gasteiger partial charge on any atom is 0.244 e. The fraction of sp³-hybridized carbons (Fsp3) is 0.250. The predicted octanol–water partition coefficient (Wildman–Crippen LogP) is 2.58. The van der Waals surface area contributed by atoms with Crippen molar-refractivity contribution in [2.75, 3.05) is 13.7 Å². The molecule has 0 saturated heterocycles. The minimum Gasteiger partial charge on any atom is -0.495 e. The van der Waals surface area contributed by atoms with Crippen LogP contribution in [0.3, 0.4) is 0 Å². The molecule has 0 heterocycles. The van der Waals surface area contributed by atoms with E-state index >= 15 is 0 Å². The Balaban J connectivity index is 2.07. The second-order valence-corrected chi connectivity index (χ2v) is 6.62. The van der Waals surface area contributed by atoms with Gasteiger partial charge in [0, 0.05) is 0 Å². The van der Waals surface area contributed by atoms with Crippen LogP contribution in [0.4, 0.5) is 4.39 Å². The van der Waals surface area contributed by atoms with E-state index < -0.39 is 21.9 Å². The Morgan fingerprint density at radius 3 is 2.52 bits per heavy atom. The highest BCUT2D eigenvalue weighted by atomic mass is 32.2. The van der Waals surface area contributed by atoms with Crippen molar-refractivity contribution in [2.45, 2.75) is 17.9 Å². The molecule has 2 aromatic carbocycles. The minimum atomic E-state index is -3.92. The summed E-state index contributed by atoms with van der Waals surface area (Å²) in [5.41, 5.74) is 0. The minimum absolute atomic E-state index is 0.0788. The number of methoxy groups -OCH3 is 1. The zero-order valence-corrected chi connectivity index (χ0v) is 13.6. The van der Waals surface area contributed by atoms with Gasteiger partial charge in [-0.15, -0.1) is 0 Å². The van der Waals surface area contributed by atoms with E-state index in [9.17, 15) is 12.8 Å². The third kappa shape index (κ3) is 4.67. The maximum atomic E-state index is 13.3. The van der Waals surface area contributed by atoms with Crippen molar-refractivity contribution in [2.24, 2.45) is 0 Å². The van der Waals surface area contributed by atoms with Gasteiger partial charge in [0.2, 0.25) is 10.0 Å². The molecule has 0 saturated carbocycles. The highest BCUT2D eigenvalue weighted by Crippen LogP contribution is 2.24. The summed E-state index contributed by atoms with van der Waals surface area (Å²) in [5, 5.41) is 0. The molecule has 0 amide bonds. The number of para-hydroxylation sites is 1. The molecule has 1 atom stereocenters. The molecule has 0 spiro atoms. The first-order valence-corrected chi connectivity index (χ1v) is 8.44. The summed E-state index contributed by atoms with van der Waals surface area (Å²) >= 11 is 0. The Labute approximate surface area is 135 Å². The van der Waals surface area contributed by atoms with E-state index in [4.69, 9.17) is 9.47 Å². The molecule has 0 bridgehead atoms. The number of ether oxygens (including phenoxy) is 2. The van der Waals surface area contributed by atoms with E-state index in [1.54, 1.807) is 19.1 Å². The highest BCUT2D eigenvalue weighted by molar-refractivity contribution is 7.89. The largest absolute Gasteiger partial charge is 0.495 e. The Bertz CT molecular complexity index is 750. The van der Waals surface area contributed by atoms with Gasteiger partial charge in [0.15, 0.2) is 0 Å². The topological polar surface area (TPSA) is 64.6 Å². The van der Waals surface area contributed by atoms with Gasteiger partial charge in [0.1, 0.15) is 28.8 Å². The van der Waals surface area contributed by atoms with Gasteiger partial charge in [-0.05, 0) is 37.3 Å². The second-order valence-electron chi connectivity index (χ2n) is 4.94. The lowest BCUT2D eigenvalue weighted by Crippen LogP contribution is -2.37. The highest BCUT2D eigenvalue weighted by Gasteiger charge is 2.22. The summed E-state index contributed by atoms with van der Waals surface area (Å²) in [6.45, 7) is 1.80. The van der Waals surface area contributed by atoms with Crippen molar-refractivity contribution >= 4 is 10.0 Å². The van der Waals surface area contributed by atoms with Gasteiger partial charge in [-0.25, -0.2) is 17.5 Å². The summed E-state index contributed by atoms with van der Waals surface area (Å²) in [6, 6.07) is 11.9. The SMILES string of the molecule is COc1ccc(F)cc1S(=O)(=O)N[C@H](C)COc1ccccc1. The molecule has 0 aliphatic heterocycles. The number of sulfonamides is 1. The van der Waals surface area contributed by atoms with Crippen LogP contribution < -0.4 is 14.2 Å². The van der Waals surface area contributed by atoms with Crippen molar-refractivity contribution in [1.82, 2.24) is 4.72 Å². The van der Waals surface area contributed by atoms with Crippen LogP contribution in [0.5, 0.6) is 11.5 Å². The van der Waals surface area contributed by atoms with Crippen molar-refractivity contribution in [3.63, 3.8) is 0 Å². The fourth-order valence-corrected chi connectivity index (χ4v) is 3.37. The molecular formula is C16H18FNO4S. The van der Waals surface area contributed by atoms with E-state index in [-0.39, 0.29) is 17.3 Å². The molecule has 0 fully saturated rings. The van der Waals surface area contributed by atoms with Crippen LogP contribution in [0, 0.1) is 5.82 Å². The predicted molar refractivity (Wildman–Crippen MR) is 84.7 cm³/mol. The monoisotopic (exact) mass is 339 g/mol. The number of benzene rings is 2. The van der Waals surface area contributed by atoms with Crippen molar-refractivity contribution < 1.29 is 22.3 Å². The van der Waals surface area contributed by atoms with E-state index in [0.717, 1.165) is 12.1 Å². The second kappa shape index (κ2) is 7.43. The van der Waals surface area contributed by atoms with Gasteiger partial charge in [-0.2, -0.15) is 0 Å². The van der Waals surface area contributed by atoms with Crippen LogP contribution in [0.1, 0.15) is 6.92 Å². The average Bonchev–Trinajstić information content (AvgIpc) is 2.53. The number of hydrogen-bond donors (Lipinski definition) is 1. The van der Waals surface area contributed by atoms with Gasteiger partial charge in [0.05, 0.1) is 13.2 Å². The maximum absolute atomic E-state index is 13.3. The molecule has 1 N–H and O–H groups in total. The van der Waals surface area contributed by atoms with Gasteiger partial charge in [0.25, 0.3) is 0 Å². The van der Waals surface area contributed by atoms with Crippen molar-refractivity contribution in [3.05, 3.63) is 54.3 Å². The molecule has 0 aromatic heterocycles. The Morgan fingerprint density at radius 1 is 1.17 bits per heavy atom. The molecule has 0 radical (unpaired) electrons. The average molecular weight is 339 g/mol. The molecule has 0 aliphatic carbocycles. The van der Waals surface area contributed by atoms with Crippen LogP contribution in [-0.2, 0) is 10.0 Å². The zero-order valence-electron chi connectivity index (χ0n) is 12.8. The van der Waals surface area contributed by atoms with E-state index in [1.807, 2.05) is 18.2 Å². The first-order valence-electron chi connectivity index (χ1n) is 6.96. The summed E-state index contributed by atoms with van der Waals surface area (Å²) in [5.74, 6) is 0.0660. The first-order chi connectivity index (χ1) is 10.9. The molecule has 2 rings (SSSR count). The lowest BCUT2D eigenvalue weighted by Gasteiger charge is -2.16. The van der Waals surface area contributed by atoms with Crippen LogP contribution in [0.25, 0.3) is 0 Å². The summed E-state index contributed by atoms with van der Waals surface area (Å²) < 4.78 is 51.0. The van der Waals surface area contributed by atoms with Crippen LogP contribution in [-0.4, -0.2) is 28.2 Å². The van der Waals surface area contributed by atoms with Crippen molar-refractivity contribution in [1.29, 1.82) is 0 Å². The summed E-state index contributed by atoms with van der Waals surface area (Å²) in [7, 11) is -2.60. The molecular weight excluding hydrogens is 321 g/mol. The van der Waals surface area contributed by atoms with Gasteiger partial charge >= 0.3 is 0 Å². The third-order valence-electron chi connectivity index (χ3n) is 3.01. The number of hydrogen-bond acceptors (Lipinski definition) is 4. The summed E-state index contributed by atoms with van der Waals surface area (Å²) in [4.78, 5) is -0.244. The molecule has 0 unspecified atom stereocenters. The van der Waals surface area contributed by atoms with Gasteiger partial charge < -0.3 is 9.47 Å². The van der Waals surface area contributed by atoms with E-state index in [2.05, 4.69) is 4.72 Å². The number of halogens is 1. The van der Waals surface area contributed by atoms with E-state index in [0.29, 0.717) is 5.75 Å². The Hall–Kier alpha value is -2.12. The molecule has 0 aliphatic rings. The van der Waals surface area contributed by atoms with E-state index in [1.165, 1.54) is 13.2 Å². The molecule has 124 valence electrons. The fourth-order valence-electron chi connectivity index (χ4n) is 1.96. The smallest absolute Gasteiger partial charge is 0.244 e. The Morgan fingerprint density at radius 2 is 1.87 bits per heavy atom. The third-order valence-corrected chi connectivity index (χ3v) is 4.63. The molecule has 5 nitrogen and oxygen atoms in total. The van der Waals surface area contributed by atoms with Gasteiger partial charge in [-0.1, -0.05) is 18.2 Å². The Kier molecular flexibility index (Phi) is 5.57. The quantitative estimate of drug-likeness (QED) is 0.842. The normalized spacial score (nSPS) is 12.7.